The highest BCUT2D eigenvalue weighted by molar-refractivity contribution is 5.49. The van der Waals surface area contributed by atoms with Crippen LogP contribution in [0.15, 0.2) is 18.2 Å². The Morgan fingerprint density at radius 3 is 2.50 bits per heavy atom. The van der Waals surface area contributed by atoms with E-state index in [1.54, 1.807) is 7.11 Å². The number of nitrogens with zero attached hydrogens (tertiary/aromatic N) is 1. The molecular formula is C16H19NO. The molecule has 0 unspecified atom stereocenters. The Hall–Kier alpha value is -1.49. The average molecular weight is 241 g/mol. The van der Waals surface area contributed by atoms with Crippen molar-refractivity contribution in [2.24, 2.45) is 5.41 Å². The van der Waals surface area contributed by atoms with Crippen molar-refractivity contribution in [1.82, 2.24) is 0 Å². The van der Waals surface area contributed by atoms with Gasteiger partial charge in [-0.3, -0.25) is 0 Å². The summed E-state index contributed by atoms with van der Waals surface area (Å²) in [5.41, 5.74) is 2.50. The van der Waals surface area contributed by atoms with E-state index in [2.05, 4.69) is 19.1 Å². The SMILES string of the molecule is COc1ccc(C)cc1C1(C#N)CC2(CCC2)C1. The highest BCUT2D eigenvalue weighted by Crippen LogP contribution is 2.65. The number of hydrogen-bond acceptors (Lipinski definition) is 2. The van der Waals surface area contributed by atoms with Crippen molar-refractivity contribution >= 4 is 0 Å². The Labute approximate surface area is 109 Å². The van der Waals surface area contributed by atoms with Gasteiger partial charge in [-0.2, -0.15) is 5.26 Å². The fraction of sp³-hybridized carbons (Fsp3) is 0.562. The topological polar surface area (TPSA) is 33.0 Å². The Morgan fingerprint density at radius 1 is 1.28 bits per heavy atom. The van der Waals surface area contributed by atoms with Crippen LogP contribution in [0.4, 0.5) is 0 Å². The maximum Gasteiger partial charge on any atom is 0.123 e. The van der Waals surface area contributed by atoms with Crippen LogP contribution in [0.25, 0.3) is 0 Å². The van der Waals surface area contributed by atoms with Gasteiger partial charge < -0.3 is 4.74 Å². The molecule has 0 radical (unpaired) electrons. The van der Waals surface area contributed by atoms with Crippen molar-refractivity contribution in [3.63, 3.8) is 0 Å². The molecule has 0 aliphatic heterocycles. The zero-order chi connectivity index (χ0) is 12.8. The third-order valence-electron chi connectivity index (χ3n) is 4.85. The summed E-state index contributed by atoms with van der Waals surface area (Å²) in [7, 11) is 1.69. The predicted molar refractivity (Wildman–Crippen MR) is 70.5 cm³/mol. The summed E-state index contributed by atoms with van der Waals surface area (Å²) >= 11 is 0. The molecule has 0 bridgehead atoms. The molecule has 3 rings (SSSR count). The molecule has 2 aliphatic rings. The minimum absolute atomic E-state index is 0.294. The van der Waals surface area contributed by atoms with Crippen LogP contribution in [-0.2, 0) is 5.41 Å². The van der Waals surface area contributed by atoms with E-state index >= 15 is 0 Å². The Balaban J connectivity index is 1.98. The van der Waals surface area contributed by atoms with E-state index in [1.807, 2.05) is 12.1 Å². The zero-order valence-electron chi connectivity index (χ0n) is 11.1. The van der Waals surface area contributed by atoms with Crippen molar-refractivity contribution in [2.45, 2.75) is 44.4 Å². The minimum atomic E-state index is -0.294. The molecule has 0 saturated heterocycles. The standard InChI is InChI=1S/C16H19NO/c1-12-4-5-14(18-2)13(8-12)16(11-17)9-15(10-16)6-3-7-15/h4-5,8H,3,6-7,9-10H2,1-2H3. The van der Waals surface area contributed by atoms with Crippen LogP contribution >= 0.6 is 0 Å². The molecule has 1 spiro atoms. The molecule has 2 saturated carbocycles. The lowest BCUT2D eigenvalue weighted by atomic mass is 9.44. The van der Waals surface area contributed by atoms with Gasteiger partial charge in [-0.05, 0) is 44.1 Å². The van der Waals surface area contributed by atoms with Gasteiger partial charge in [-0.25, -0.2) is 0 Å². The molecule has 18 heavy (non-hydrogen) atoms. The van der Waals surface area contributed by atoms with Crippen molar-refractivity contribution in [2.75, 3.05) is 7.11 Å². The Kier molecular flexibility index (Phi) is 2.41. The van der Waals surface area contributed by atoms with E-state index in [-0.39, 0.29) is 5.41 Å². The maximum absolute atomic E-state index is 9.65. The van der Waals surface area contributed by atoms with Crippen molar-refractivity contribution in [3.8, 4) is 11.8 Å². The number of rotatable bonds is 2. The summed E-state index contributed by atoms with van der Waals surface area (Å²) in [4.78, 5) is 0. The number of nitriles is 1. The second kappa shape index (κ2) is 3.75. The van der Waals surface area contributed by atoms with Crippen LogP contribution in [0.2, 0.25) is 0 Å². The highest BCUT2D eigenvalue weighted by Gasteiger charge is 2.59. The summed E-state index contributed by atoms with van der Waals surface area (Å²) in [6.45, 7) is 2.08. The van der Waals surface area contributed by atoms with E-state index in [1.165, 1.54) is 24.8 Å². The van der Waals surface area contributed by atoms with Crippen LogP contribution in [0, 0.1) is 23.7 Å². The van der Waals surface area contributed by atoms with Crippen LogP contribution < -0.4 is 4.74 Å². The molecule has 0 heterocycles. The number of benzene rings is 1. The first-order chi connectivity index (χ1) is 8.63. The molecule has 0 amide bonds. The summed E-state index contributed by atoms with van der Waals surface area (Å²) in [6.07, 6.45) is 6.01. The summed E-state index contributed by atoms with van der Waals surface area (Å²) < 4.78 is 5.45. The van der Waals surface area contributed by atoms with Crippen LogP contribution in [-0.4, -0.2) is 7.11 Å². The van der Waals surface area contributed by atoms with E-state index in [0.717, 1.165) is 24.2 Å². The van der Waals surface area contributed by atoms with Crippen LogP contribution in [0.1, 0.15) is 43.2 Å². The summed E-state index contributed by atoms with van der Waals surface area (Å²) in [5.74, 6) is 0.872. The molecule has 1 aromatic carbocycles. The number of ether oxygens (including phenoxy) is 1. The lowest BCUT2D eigenvalue weighted by Gasteiger charge is -2.58. The Bertz CT molecular complexity index is 514. The molecule has 1 aromatic rings. The van der Waals surface area contributed by atoms with Gasteiger partial charge in [0.2, 0.25) is 0 Å². The molecule has 2 nitrogen and oxygen atoms in total. The van der Waals surface area contributed by atoms with Gasteiger partial charge in [0.05, 0.1) is 18.6 Å². The second-order valence-electron chi connectivity index (χ2n) is 6.10. The van der Waals surface area contributed by atoms with E-state index in [9.17, 15) is 5.26 Å². The monoisotopic (exact) mass is 241 g/mol. The van der Waals surface area contributed by atoms with Gasteiger partial charge in [0.1, 0.15) is 5.75 Å². The quantitative estimate of drug-likeness (QED) is 0.790. The fourth-order valence-corrected chi connectivity index (χ4v) is 3.78. The lowest BCUT2D eigenvalue weighted by molar-refractivity contribution is -0.0235. The number of hydrogen-bond donors (Lipinski definition) is 0. The number of methoxy groups -OCH3 is 1. The maximum atomic E-state index is 9.65. The first-order valence-electron chi connectivity index (χ1n) is 6.70. The fourth-order valence-electron chi connectivity index (χ4n) is 3.78. The van der Waals surface area contributed by atoms with Crippen LogP contribution in [0.5, 0.6) is 5.75 Å². The van der Waals surface area contributed by atoms with Gasteiger partial charge in [0, 0.05) is 5.56 Å². The molecule has 2 aliphatic carbocycles. The first-order valence-corrected chi connectivity index (χ1v) is 6.70. The predicted octanol–water partition coefficient (Wildman–Crippen LogP) is 3.73. The van der Waals surface area contributed by atoms with Gasteiger partial charge in [-0.1, -0.05) is 24.1 Å². The molecule has 94 valence electrons. The molecule has 2 heteroatoms. The van der Waals surface area contributed by atoms with Gasteiger partial charge in [0.25, 0.3) is 0 Å². The lowest BCUT2D eigenvalue weighted by Crippen LogP contribution is -2.52. The largest absolute Gasteiger partial charge is 0.496 e. The van der Waals surface area contributed by atoms with E-state index in [0.29, 0.717) is 5.41 Å². The summed E-state index contributed by atoms with van der Waals surface area (Å²) in [6, 6.07) is 8.75. The van der Waals surface area contributed by atoms with Gasteiger partial charge in [-0.15, -0.1) is 0 Å². The third kappa shape index (κ3) is 1.47. The van der Waals surface area contributed by atoms with E-state index in [4.69, 9.17) is 4.74 Å². The highest BCUT2D eigenvalue weighted by atomic mass is 16.5. The van der Waals surface area contributed by atoms with Crippen molar-refractivity contribution < 1.29 is 4.74 Å². The molecule has 0 aromatic heterocycles. The molecular weight excluding hydrogens is 222 g/mol. The number of aryl methyl sites for hydroxylation is 1. The zero-order valence-corrected chi connectivity index (χ0v) is 11.1. The third-order valence-corrected chi connectivity index (χ3v) is 4.85. The normalized spacial score (nSPS) is 22.7. The van der Waals surface area contributed by atoms with Crippen molar-refractivity contribution in [1.29, 1.82) is 5.26 Å². The second-order valence-corrected chi connectivity index (χ2v) is 6.10. The Morgan fingerprint density at radius 2 is 2.00 bits per heavy atom. The molecule has 0 atom stereocenters. The van der Waals surface area contributed by atoms with Crippen LogP contribution in [0.3, 0.4) is 0 Å². The van der Waals surface area contributed by atoms with Crippen molar-refractivity contribution in [3.05, 3.63) is 29.3 Å². The van der Waals surface area contributed by atoms with Gasteiger partial charge >= 0.3 is 0 Å². The smallest absolute Gasteiger partial charge is 0.123 e. The first kappa shape index (κ1) is 11.6. The minimum Gasteiger partial charge on any atom is -0.496 e. The van der Waals surface area contributed by atoms with E-state index < -0.39 is 0 Å². The summed E-state index contributed by atoms with van der Waals surface area (Å²) in [5, 5.41) is 9.65. The van der Waals surface area contributed by atoms with Gasteiger partial charge in [0.15, 0.2) is 0 Å². The molecule has 2 fully saturated rings. The average Bonchev–Trinajstić information content (AvgIpc) is 2.27. The molecule has 0 N–H and O–H groups in total.